The second kappa shape index (κ2) is 11.5. The number of amides is 2. The summed E-state index contributed by atoms with van der Waals surface area (Å²) in [6.07, 6.45) is 1.34. The van der Waals surface area contributed by atoms with E-state index in [1.54, 1.807) is 49.9 Å². The number of nitrogens with zero attached hydrogens (tertiary/aromatic N) is 2. The second-order valence-corrected chi connectivity index (χ2v) is 8.82. The van der Waals surface area contributed by atoms with Gasteiger partial charge in [0.15, 0.2) is 0 Å². The van der Waals surface area contributed by atoms with Crippen molar-refractivity contribution in [2.75, 3.05) is 32.8 Å². The van der Waals surface area contributed by atoms with Crippen LogP contribution >= 0.6 is 11.6 Å². The van der Waals surface area contributed by atoms with Crippen LogP contribution in [0, 0.1) is 5.92 Å². The lowest BCUT2D eigenvalue weighted by molar-refractivity contribution is -0.152. The van der Waals surface area contributed by atoms with Gasteiger partial charge in [0.05, 0.1) is 24.7 Å². The molecule has 1 saturated heterocycles. The molecule has 34 heavy (non-hydrogen) atoms. The Morgan fingerprint density at radius 2 is 1.82 bits per heavy atom. The molecule has 2 aliphatic heterocycles. The van der Waals surface area contributed by atoms with E-state index in [0.717, 1.165) is 0 Å². The lowest BCUT2D eigenvalue weighted by atomic mass is 9.83. The van der Waals surface area contributed by atoms with Crippen LogP contribution in [0.15, 0.2) is 35.5 Å². The van der Waals surface area contributed by atoms with Gasteiger partial charge in [-0.25, -0.2) is 4.79 Å². The maximum absolute atomic E-state index is 13.2. The average Bonchev–Trinajstić information content (AvgIpc) is 2.82. The van der Waals surface area contributed by atoms with E-state index < -0.39 is 11.9 Å². The quantitative estimate of drug-likeness (QED) is 0.544. The Morgan fingerprint density at radius 3 is 2.50 bits per heavy atom. The number of ether oxygens (including phenoxy) is 2. The number of carbonyl (C=O) groups excluding carboxylic acids is 4. The van der Waals surface area contributed by atoms with E-state index in [0.29, 0.717) is 47.8 Å². The van der Waals surface area contributed by atoms with Crippen LogP contribution in [-0.2, 0) is 28.7 Å². The van der Waals surface area contributed by atoms with Crippen molar-refractivity contribution in [1.29, 1.82) is 0 Å². The lowest BCUT2D eigenvalue weighted by Gasteiger charge is -2.37. The first kappa shape index (κ1) is 25.7. The normalized spacial score (nSPS) is 20.9. The summed E-state index contributed by atoms with van der Waals surface area (Å²) in [6.45, 7) is 6.14. The summed E-state index contributed by atoms with van der Waals surface area (Å²) >= 11 is 6.39. The van der Waals surface area contributed by atoms with Gasteiger partial charge < -0.3 is 19.3 Å². The highest BCUT2D eigenvalue weighted by Crippen LogP contribution is 2.39. The molecule has 0 spiro atoms. The van der Waals surface area contributed by atoms with Crippen molar-refractivity contribution in [2.24, 2.45) is 5.92 Å². The summed E-state index contributed by atoms with van der Waals surface area (Å²) in [7, 11) is 0. The largest absolute Gasteiger partial charge is 0.466 e. The minimum atomic E-state index is -0.560. The molecule has 1 aromatic carbocycles. The van der Waals surface area contributed by atoms with Crippen LogP contribution in [0.1, 0.15) is 51.5 Å². The maximum atomic E-state index is 13.2. The fourth-order valence-electron chi connectivity index (χ4n) is 4.59. The van der Waals surface area contributed by atoms with Crippen molar-refractivity contribution >= 4 is 35.4 Å². The molecule has 9 heteroatoms. The number of rotatable bonds is 7. The molecule has 0 aliphatic carbocycles. The van der Waals surface area contributed by atoms with Gasteiger partial charge >= 0.3 is 11.9 Å². The Kier molecular flexibility index (Phi) is 8.72. The van der Waals surface area contributed by atoms with Gasteiger partial charge in [-0.2, -0.15) is 0 Å². The van der Waals surface area contributed by atoms with Crippen molar-refractivity contribution in [3.8, 4) is 0 Å². The van der Waals surface area contributed by atoms with Gasteiger partial charge in [0, 0.05) is 36.1 Å². The number of allylic oxidation sites excluding steroid dienone is 1. The third-order valence-electron chi connectivity index (χ3n) is 6.29. The number of piperidine rings is 1. The average molecular weight is 491 g/mol. The predicted molar refractivity (Wildman–Crippen MR) is 126 cm³/mol. The number of likely N-dealkylation sites (tertiary alicyclic amines) is 1. The Labute approximate surface area is 204 Å². The van der Waals surface area contributed by atoms with Gasteiger partial charge in [-0.05, 0) is 45.2 Å². The zero-order valence-corrected chi connectivity index (χ0v) is 20.6. The third kappa shape index (κ3) is 5.60. The molecule has 8 nitrogen and oxygen atoms in total. The van der Waals surface area contributed by atoms with Crippen molar-refractivity contribution in [3.05, 3.63) is 46.1 Å². The highest BCUT2D eigenvalue weighted by molar-refractivity contribution is 6.31. The van der Waals surface area contributed by atoms with Crippen LogP contribution in [0.5, 0.6) is 0 Å². The molecule has 2 atom stereocenters. The minimum Gasteiger partial charge on any atom is -0.466 e. The van der Waals surface area contributed by atoms with E-state index in [9.17, 15) is 19.2 Å². The van der Waals surface area contributed by atoms with Crippen molar-refractivity contribution < 1.29 is 28.7 Å². The molecule has 0 aromatic heterocycles. The first-order valence-electron chi connectivity index (χ1n) is 11.7. The SMILES string of the molecule is CCOC(=O)C1=C(C)N(CC(=O)N2CCCC(C(=O)OCC)C2)C(=O)CC1c1ccccc1Cl. The molecule has 3 rings (SSSR count). The lowest BCUT2D eigenvalue weighted by Crippen LogP contribution is -2.49. The molecule has 0 radical (unpaired) electrons. The molecule has 1 fully saturated rings. The van der Waals surface area contributed by atoms with Crippen molar-refractivity contribution in [1.82, 2.24) is 9.80 Å². The van der Waals surface area contributed by atoms with Crippen LogP contribution in [-0.4, -0.2) is 66.4 Å². The molecule has 0 N–H and O–H groups in total. The summed E-state index contributed by atoms with van der Waals surface area (Å²) in [5.41, 5.74) is 1.37. The molecular weight excluding hydrogens is 460 g/mol. The zero-order chi connectivity index (χ0) is 24.8. The molecule has 2 amide bonds. The van der Waals surface area contributed by atoms with Gasteiger partial charge in [-0.3, -0.25) is 14.4 Å². The Hall–Kier alpha value is -2.87. The van der Waals surface area contributed by atoms with E-state index in [2.05, 4.69) is 0 Å². The highest BCUT2D eigenvalue weighted by atomic mass is 35.5. The number of halogens is 1. The maximum Gasteiger partial charge on any atom is 0.336 e. The van der Waals surface area contributed by atoms with Gasteiger partial charge in [0.25, 0.3) is 0 Å². The Bertz CT molecular complexity index is 991. The highest BCUT2D eigenvalue weighted by Gasteiger charge is 2.39. The minimum absolute atomic E-state index is 0.00600. The third-order valence-corrected chi connectivity index (χ3v) is 6.63. The smallest absolute Gasteiger partial charge is 0.336 e. The van der Waals surface area contributed by atoms with Crippen molar-refractivity contribution in [3.63, 3.8) is 0 Å². The first-order chi connectivity index (χ1) is 16.3. The van der Waals surface area contributed by atoms with Gasteiger partial charge in [-0.15, -0.1) is 0 Å². The monoisotopic (exact) mass is 490 g/mol. The summed E-state index contributed by atoms with van der Waals surface area (Å²) in [5.74, 6) is -2.32. The summed E-state index contributed by atoms with van der Waals surface area (Å²) < 4.78 is 10.4. The predicted octanol–water partition coefficient (Wildman–Crippen LogP) is 3.29. The Balaban J connectivity index is 1.86. The van der Waals surface area contributed by atoms with Gasteiger partial charge in [0.2, 0.25) is 11.8 Å². The fourth-order valence-corrected chi connectivity index (χ4v) is 4.86. The molecule has 2 aliphatic rings. The number of benzene rings is 1. The van der Waals surface area contributed by atoms with E-state index in [1.807, 2.05) is 0 Å². The second-order valence-electron chi connectivity index (χ2n) is 8.41. The van der Waals surface area contributed by atoms with E-state index >= 15 is 0 Å². The Morgan fingerprint density at radius 1 is 1.12 bits per heavy atom. The van der Waals surface area contributed by atoms with Gasteiger partial charge in [-0.1, -0.05) is 29.8 Å². The van der Waals surface area contributed by atoms with E-state index in [1.165, 1.54) is 4.90 Å². The summed E-state index contributed by atoms with van der Waals surface area (Å²) in [6, 6.07) is 7.09. The standard InChI is InChI=1S/C25H31ClN2O6/c1-4-33-24(31)17-9-8-12-27(14-17)22(30)15-28-16(3)23(25(32)34-5-2)19(13-21(28)29)18-10-6-7-11-20(18)26/h6-7,10-11,17,19H,4-5,8-9,12-15H2,1-3H3. The summed E-state index contributed by atoms with van der Waals surface area (Å²) in [5, 5.41) is 0.456. The molecule has 2 heterocycles. The number of hydrogen-bond acceptors (Lipinski definition) is 6. The van der Waals surface area contributed by atoms with Crippen LogP contribution < -0.4 is 0 Å². The number of hydrogen-bond donors (Lipinski definition) is 0. The topological polar surface area (TPSA) is 93.2 Å². The summed E-state index contributed by atoms with van der Waals surface area (Å²) in [4.78, 5) is 54.3. The molecule has 0 bridgehead atoms. The zero-order valence-electron chi connectivity index (χ0n) is 19.8. The van der Waals surface area contributed by atoms with E-state index in [4.69, 9.17) is 21.1 Å². The van der Waals surface area contributed by atoms with Gasteiger partial charge in [0.1, 0.15) is 6.54 Å². The van der Waals surface area contributed by atoms with Crippen LogP contribution in [0.3, 0.4) is 0 Å². The number of esters is 2. The molecular formula is C25H31ClN2O6. The molecule has 1 aromatic rings. The molecule has 2 unspecified atom stereocenters. The molecule has 0 saturated carbocycles. The van der Waals surface area contributed by atoms with Crippen LogP contribution in [0.4, 0.5) is 0 Å². The van der Waals surface area contributed by atoms with Crippen LogP contribution in [0.2, 0.25) is 5.02 Å². The van der Waals surface area contributed by atoms with Crippen molar-refractivity contribution in [2.45, 2.75) is 46.0 Å². The van der Waals surface area contributed by atoms with E-state index in [-0.39, 0.29) is 49.8 Å². The van der Waals surface area contributed by atoms with Crippen LogP contribution in [0.25, 0.3) is 0 Å². The molecule has 184 valence electrons. The fraction of sp³-hybridized carbons (Fsp3) is 0.520. The first-order valence-corrected chi connectivity index (χ1v) is 12.0. The number of carbonyl (C=O) groups is 4.